The molecule has 0 unspecified atom stereocenters. The molecular formula is C16H21N3O. The first kappa shape index (κ1) is 14.5. The zero-order chi connectivity index (χ0) is 14.2. The highest BCUT2D eigenvalue weighted by Crippen LogP contribution is 2.19. The SMILES string of the molecule is CCCNCc1cnc(Oc2cccc(CC)c2)cn1. The zero-order valence-corrected chi connectivity index (χ0v) is 12.1. The molecule has 0 amide bonds. The Morgan fingerprint density at radius 3 is 2.75 bits per heavy atom. The quantitative estimate of drug-likeness (QED) is 0.785. The number of ether oxygens (including phenoxy) is 1. The van der Waals surface area contributed by atoms with Crippen LogP contribution in [0, 0.1) is 0 Å². The highest BCUT2D eigenvalue weighted by molar-refractivity contribution is 5.31. The topological polar surface area (TPSA) is 47.0 Å². The number of benzene rings is 1. The van der Waals surface area contributed by atoms with Gasteiger partial charge in [0.15, 0.2) is 0 Å². The van der Waals surface area contributed by atoms with Gasteiger partial charge in [0, 0.05) is 6.54 Å². The van der Waals surface area contributed by atoms with Crippen LogP contribution in [0.2, 0.25) is 0 Å². The van der Waals surface area contributed by atoms with Crippen molar-refractivity contribution in [1.82, 2.24) is 15.3 Å². The highest BCUT2D eigenvalue weighted by atomic mass is 16.5. The van der Waals surface area contributed by atoms with Gasteiger partial charge in [-0.05, 0) is 37.1 Å². The third-order valence-corrected chi connectivity index (χ3v) is 2.94. The van der Waals surface area contributed by atoms with Gasteiger partial charge in [0.2, 0.25) is 5.88 Å². The van der Waals surface area contributed by atoms with E-state index < -0.39 is 0 Å². The fourth-order valence-electron chi connectivity index (χ4n) is 1.83. The second-order valence-electron chi connectivity index (χ2n) is 4.63. The molecule has 0 saturated carbocycles. The Kier molecular flexibility index (Phi) is 5.50. The highest BCUT2D eigenvalue weighted by Gasteiger charge is 2.01. The van der Waals surface area contributed by atoms with Crippen LogP contribution in [0.4, 0.5) is 0 Å². The molecule has 4 nitrogen and oxygen atoms in total. The van der Waals surface area contributed by atoms with E-state index in [9.17, 15) is 0 Å². The molecule has 1 aromatic carbocycles. The summed E-state index contributed by atoms with van der Waals surface area (Å²) in [6.45, 7) is 5.99. The van der Waals surface area contributed by atoms with Gasteiger partial charge >= 0.3 is 0 Å². The largest absolute Gasteiger partial charge is 0.437 e. The lowest BCUT2D eigenvalue weighted by atomic mass is 10.2. The lowest BCUT2D eigenvalue weighted by Crippen LogP contribution is -2.14. The molecule has 0 radical (unpaired) electrons. The van der Waals surface area contributed by atoms with Gasteiger partial charge in [0.05, 0.1) is 18.1 Å². The number of nitrogens with one attached hydrogen (secondary N) is 1. The average Bonchev–Trinajstić information content (AvgIpc) is 2.49. The fraction of sp³-hybridized carbons (Fsp3) is 0.375. The Balaban J connectivity index is 1.95. The lowest BCUT2D eigenvalue weighted by Gasteiger charge is -2.07. The van der Waals surface area contributed by atoms with Gasteiger partial charge in [-0.3, -0.25) is 4.98 Å². The standard InChI is InChI=1S/C16H21N3O/c1-3-8-17-10-14-11-19-16(12-18-14)20-15-7-5-6-13(4-2)9-15/h5-7,9,11-12,17H,3-4,8,10H2,1-2H3. The van der Waals surface area contributed by atoms with E-state index in [1.807, 2.05) is 18.2 Å². The van der Waals surface area contributed by atoms with Crippen molar-refractivity contribution in [1.29, 1.82) is 0 Å². The summed E-state index contributed by atoms with van der Waals surface area (Å²) in [7, 11) is 0. The first-order chi connectivity index (χ1) is 9.81. The molecular weight excluding hydrogens is 250 g/mol. The molecule has 106 valence electrons. The van der Waals surface area contributed by atoms with E-state index in [1.165, 1.54) is 5.56 Å². The molecule has 1 heterocycles. The van der Waals surface area contributed by atoms with Gasteiger partial charge < -0.3 is 10.1 Å². The molecule has 0 bridgehead atoms. The van der Waals surface area contributed by atoms with Crippen LogP contribution < -0.4 is 10.1 Å². The third-order valence-electron chi connectivity index (χ3n) is 2.94. The van der Waals surface area contributed by atoms with Crippen molar-refractivity contribution in [3.63, 3.8) is 0 Å². The second-order valence-corrected chi connectivity index (χ2v) is 4.63. The van der Waals surface area contributed by atoms with Crippen molar-refractivity contribution >= 4 is 0 Å². The van der Waals surface area contributed by atoms with E-state index in [0.717, 1.165) is 37.4 Å². The predicted molar refractivity (Wildman–Crippen MR) is 79.9 cm³/mol. The van der Waals surface area contributed by atoms with Crippen LogP contribution in [0.5, 0.6) is 11.6 Å². The number of aromatic nitrogens is 2. The summed E-state index contributed by atoms with van der Waals surface area (Å²) in [5.74, 6) is 1.33. The first-order valence-corrected chi connectivity index (χ1v) is 7.10. The minimum atomic E-state index is 0.525. The number of rotatable bonds is 7. The Labute approximate surface area is 120 Å². The van der Waals surface area contributed by atoms with E-state index in [1.54, 1.807) is 12.4 Å². The van der Waals surface area contributed by atoms with E-state index in [2.05, 4.69) is 35.2 Å². The van der Waals surface area contributed by atoms with Gasteiger partial charge in [-0.1, -0.05) is 26.0 Å². The van der Waals surface area contributed by atoms with Crippen molar-refractivity contribution in [2.75, 3.05) is 6.54 Å². The molecule has 0 atom stereocenters. The Hall–Kier alpha value is -1.94. The summed E-state index contributed by atoms with van der Waals surface area (Å²) in [6, 6.07) is 8.03. The molecule has 1 N–H and O–H groups in total. The van der Waals surface area contributed by atoms with Crippen molar-refractivity contribution in [3.05, 3.63) is 47.9 Å². The minimum absolute atomic E-state index is 0.525. The Bertz CT molecular complexity index is 526. The van der Waals surface area contributed by atoms with E-state index in [-0.39, 0.29) is 0 Å². The maximum Gasteiger partial charge on any atom is 0.237 e. The maximum absolute atomic E-state index is 5.71. The predicted octanol–water partition coefficient (Wildman–Crippen LogP) is 3.33. The zero-order valence-electron chi connectivity index (χ0n) is 12.1. The summed E-state index contributed by atoms with van der Waals surface area (Å²) in [5, 5.41) is 3.29. The summed E-state index contributed by atoms with van der Waals surface area (Å²) in [4.78, 5) is 8.62. The van der Waals surface area contributed by atoms with Gasteiger partial charge in [-0.15, -0.1) is 0 Å². The van der Waals surface area contributed by atoms with Crippen LogP contribution in [-0.4, -0.2) is 16.5 Å². The van der Waals surface area contributed by atoms with E-state index >= 15 is 0 Å². The molecule has 2 rings (SSSR count). The van der Waals surface area contributed by atoms with Crippen molar-refractivity contribution in [2.45, 2.75) is 33.2 Å². The average molecular weight is 271 g/mol. The first-order valence-electron chi connectivity index (χ1n) is 7.10. The molecule has 0 saturated heterocycles. The molecule has 20 heavy (non-hydrogen) atoms. The van der Waals surface area contributed by atoms with Crippen LogP contribution >= 0.6 is 0 Å². The molecule has 0 aliphatic rings. The molecule has 0 aliphatic carbocycles. The van der Waals surface area contributed by atoms with Crippen LogP contribution in [0.1, 0.15) is 31.5 Å². The van der Waals surface area contributed by atoms with Crippen molar-refractivity contribution in [2.24, 2.45) is 0 Å². The lowest BCUT2D eigenvalue weighted by molar-refractivity contribution is 0.458. The van der Waals surface area contributed by atoms with Gasteiger partial charge in [0.25, 0.3) is 0 Å². The molecule has 1 aromatic heterocycles. The molecule has 4 heteroatoms. The number of hydrogen-bond donors (Lipinski definition) is 1. The van der Waals surface area contributed by atoms with Gasteiger partial charge in [-0.25, -0.2) is 4.98 Å². The molecule has 0 fully saturated rings. The normalized spacial score (nSPS) is 10.5. The molecule has 2 aromatic rings. The summed E-state index contributed by atoms with van der Waals surface area (Å²) in [6.07, 6.45) is 5.52. The molecule has 0 aliphatic heterocycles. The number of aryl methyl sites for hydroxylation is 1. The minimum Gasteiger partial charge on any atom is -0.437 e. The summed E-state index contributed by atoms with van der Waals surface area (Å²) >= 11 is 0. The van der Waals surface area contributed by atoms with Gasteiger partial charge in [-0.2, -0.15) is 0 Å². The van der Waals surface area contributed by atoms with Crippen LogP contribution in [-0.2, 0) is 13.0 Å². The van der Waals surface area contributed by atoms with Crippen LogP contribution in [0.15, 0.2) is 36.7 Å². The third kappa shape index (κ3) is 4.31. The van der Waals surface area contributed by atoms with Crippen LogP contribution in [0.3, 0.4) is 0 Å². The van der Waals surface area contributed by atoms with Crippen molar-refractivity contribution in [3.8, 4) is 11.6 Å². The van der Waals surface area contributed by atoms with Gasteiger partial charge in [0.1, 0.15) is 5.75 Å². The smallest absolute Gasteiger partial charge is 0.237 e. The van der Waals surface area contributed by atoms with E-state index in [4.69, 9.17) is 4.74 Å². The van der Waals surface area contributed by atoms with Crippen LogP contribution in [0.25, 0.3) is 0 Å². The number of hydrogen-bond acceptors (Lipinski definition) is 4. The monoisotopic (exact) mass is 271 g/mol. The molecule has 0 spiro atoms. The summed E-state index contributed by atoms with van der Waals surface area (Å²) < 4.78 is 5.71. The van der Waals surface area contributed by atoms with Crippen molar-refractivity contribution < 1.29 is 4.74 Å². The van der Waals surface area contributed by atoms with E-state index in [0.29, 0.717) is 5.88 Å². The maximum atomic E-state index is 5.71. The number of nitrogens with zero attached hydrogens (tertiary/aromatic N) is 2. The Morgan fingerprint density at radius 1 is 1.15 bits per heavy atom. The fourth-order valence-corrected chi connectivity index (χ4v) is 1.83. The second kappa shape index (κ2) is 7.60. The summed E-state index contributed by atoms with van der Waals surface area (Å²) in [5.41, 5.74) is 2.17. The Morgan fingerprint density at radius 2 is 2.05 bits per heavy atom.